The molecule has 0 aliphatic heterocycles. The molecule has 1 heterocycles. The number of aryl methyl sites for hydroxylation is 3. The molecular weight excluding hydrogens is 511 g/mol. The van der Waals surface area contributed by atoms with E-state index in [0.29, 0.717) is 13.2 Å². The van der Waals surface area contributed by atoms with Gasteiger partial charge in [-0.25, -0.2) is 4.98 Å². The second kappa shape index (κ2) is 13.8. The molecule has 6 nitrogen and oxygen atoms in total. The Morgan fingerprint density at radius 1 is 1.20 bits per heavy atom. The SMILES string of the molecule is CN=C(NCCCc1nc2c(s1)CCCC2)Nc1cccc(OCCCOC)c1.I. The minimum absolute atomic E-state index is 0. The fourth-order valence-electron chi connectivity index (χ4n) is 3.33. The van der Waals surface area contributed by atoms with Crippen molar-refractivity contribution in [3.8, 4) is 5.75 Å². The Hall–Kier alpha value is -1.39. The van der Waals surface area contributed by atoms with Crippen molar-refractivity contribution >= 4 is 47.0 Å². The number of hydrogen-bond donors (Lipinski definition) is 2. The molecule has 2 aromatic rings. The van der Waals surface area contributed by atoms with Gasteiger partial charge < -0.3 is 20.1 Å². The van der Waals surface area contributed by atoms with Crippen LogP contribution in [0.3, 0.4) is 0 Å². The molecule has 0 saturated heterocycles. The van der Waals surface area contributed by atoms with Crippen LogP contribution in [0.5, 0.6) is 5.75 Å². The van der Waals surface area contributed by atoms with E-state index in [-0.39, 0.29) is 24.0 Å². The van der Waals surface area contributed by atoms with Crippen LogP contribution in [0.25, 0.3) is 0 Å². The summed E-state index contributed by atoms with van der Waals surface area (Å²) in [4.78, 5) is 10.7. The second-order valence-corrected chi connectivity index (χ2v) is 8.30. The van der Waals surface area contributed by atoms with Gasteiger partial charge in [-0.1, -0.05) is 6.07 Å². The van der Waals surface area contributed by atoms with E-state index in [2.05, 4.69) is 15.6 Å². The summed E-state index contributed by atoms with van der Waals surface area (Å²) in [7, 11) is 3.49. The number of guanidine groups is 1. The average molecular weight is 545 g/mol. The number of aliphatic imine (C=N–C) groups is 1. The van der Waals surface area contributed by atoms with E-state index in [0.717, 1.165) is 49.6 Å². The summed E-state index contributed by atoms with van der Waals surface area (Å²) in [5.41, 5.74) is 2.31. The van der Waals surface area contributed by atoms with Gasteiger partial charge in [0.2, 0.25) is 0 Å². The molecule has 0 saturated carbocycles. The zero-order valence-electron chi connectivity index (χ0n) is 17.9. The lowest BCUT2D eigenvalue weighted by atomic mass is 10.0. The van der Waals surface area contributed by atoms with Crippen molar-refractivity contribution in [3.05, 3.63) is 39.8 Å². The molecule has 8 heteroatoms. The van der Waals surface area contributed by atoms with Gasteiger partial charge >= 0.3 is 0 Å². The van der Waals surface area contributed by atoms with Crippen LogP contribution in [0.15, 0.2) is 29.3 Å². The van der Waals surface area contributed by atoms with E-state index in [1.807, 2.05) is 35.6 Å². The highest BCUT2D eigenvalue weighted by Gasteiger charge is 2.14. The van der Waals surface area contributed by atoms with Crippen molar-refractivity contribution in [1.82, 2.24) is 10.3 Å². The number of nitrogens with one attached hydrogen (secondary N) is 2. The molecule has 0 unspecified atom stereocenters. The highest BCUT2D eigenvalue weighted by molar-refractivity contribution is 14.0. The Labute approximate surface area is 200 Å². The van der Waals surface area contributed by atoms with E-state index < -0.39 is 0 Å². The van der Waals surface area contributed by atoms with Crippen molar-refractivity contribution in [2.75, 3.05) is 39.2 Å². The highest BCUT2D eigenvalue weighted by atomic mass is 127. The van der Waals surface area contributed by atoms with E-state index in [4.69, 9.17) is 14.5 Å². The van der Waals surface area contributed by atoms with Gasteiger partial charge in [0.1, 0.15) is 5.75 Å². The minimum atomic E-state index is 0. The number of halogens is 1. The monoisotopic (exact) mass is 544 g/mol. The van der Waals surface area contributed by atoms with Crippen molar-refractivity contribution in [2.24, 2.45) is 4.99 Å². The predicted molar refractivity (Wildman–Crippen MR) is 136 cm³/mol. The topological polar surface area (TPSA) is 67.8 Å². The Kier molecular flexibility index (Phi) is 11.5. The Bertz CT molecular complexity index is 774. The van der Waals surface area contributed by atoms with Crippen LogP contribution in [-0.2, 0) is 24.0 Å². The van der Waals surface area contributed by atoms with Gasteiger partial charge in [-0.2, -0.15) is 0 Å². The summed E-state index contributed by atoms with van der Waals surface area (Å²) >= 11 is 1.91. The Morgan fingerprint density at radius 2 is 2.07 bits per heavy atom. The number of nitrogens with zero attached hydrogens (tertiary/aromatic N) is 2. The molecule has 166 valence electrons. The molecule has 30 heavy (non-hydrogen) atoms. The number of anilines is 1. The molecule has 0 spiro atoms. The van der Waals surface area contributed by atoms with Crippen LogP contribution in [0.1, 0.15) is 41.3 Å². The maximum atomic E-state index is 5.76. The minimum Gasteiger partial charge on any atom is -0.493 e. The predicted octanol–water partition coefficient (Wildman–Crippen LogP) is 4.68. The molecule has 0 atom stereocenters. The maximum Gasteiger partial charge on any atom is 0.195 e. The van der Waals surface area contributed by atoms with Crippen LogP contribution < -0.4 is 15.4 Å². The third-order valence-electron chi connectivity index (χ3n) is 4.83. The van der Waals surface area contributed by atoms with Gasteiger partial charge in [-0.05, 0) is 44.2 Å². The number of ether oxygens (including phenoxy) is 2. The summed E-state index contributed by atoms with van der Waals surface area (Å²) in [6, 6.07) is 7.93. The largest absolute Gasteiger partial charge is 0.493 e. The lowest BCUT2D eigenvalue weighted by molar-refractivity contribution is 0.172. The molecule has 0 amide bonds. The third kappa shape index (κ3) is 8.03. The van der Waals surface area contributed by atoms with E-state index in [1.54, 1.807) is 14.2 Å². The Balaban J connectivity index is 0.00000320. The first kappa shape index (κ1) is 24.9. The molecule has 1 aromatic heterocycles. The average Bonchev–Trinajstić information content (AvgIpc) is 3.16. The zero-order chi connectivity index (χ0) is 20.3. The van der Waals surface area contributed by atoms with E-state index in [9.17, 15) is 0 Å². The standard InChI is InChI=1S/C22H32N4O2S.HI/c1-23-22(25-17-8-5-9-18(16-17)28-15-7-14-27-2)24-13-6-12-21-26-19-10-3-4-11-20(19)29-21;/h5,8-9,16H,3-4,6-7,10-15H2,1-2H3,(H2,23,24,25);1H. The molecule has 2 N–H and O–H groups in total. The first-order valence-electron chi connectivity index (χ1n) is 10.5. The normalized spacial score (nSPS) is 13.3. The second-order valence-electron chi connectivity index (χ2n) is 7.13. The number of fused-ring (bicyclic) bond motifs is 1. The van der Waals surface area contributed by atoms with Gasteiger partial charge in [0.25, 0.3) is 0 Å². The first-order chi connectivity index (χ1) is 14.3. The maximum absolute atomic E-state index is 5.76. The summed E-state index contributed by atoms with van der Waals surface area (Å²) in [5, 5.41) is 8.00. The summed E-state index contributed by atoms with van der Waals surface area (Å²) in [5.74, 6) is 1.61. The molecule has 1 aromatic carbocycles. The van der Waals surface area contributed by atoms with Crippen molar-refractivity contribution < 1.29 is 9.47 Å². The van der Waals surface area contributed by atoms with Crippen molar-refractivity contribution in [1.29, 1.82) is 0 Å². The lowest BCUT2D eigenvalue weighted by Crippen LogP contribution is -2.31. The molecular formula is C22H33IN4O2S. The smallest absolute Gasteiger partial charge is 0.195 e. The van der Waals surface area contributed by atoms with Crippen LogP contribution in [0, 0.1) is 0 Å². The fraction of sp³-hybridized carbons (Fsp3) is 0.545. The molecule has 3 rings (SSSR count). The molecule has 0 fully saturated rings. The fourth-order valence-corrected chi connectivity index (χ4v) is 4.53. The summed E-state index contributed by atoms with van der Waals surface area (Å²) in [6.45, 7) is 2.21. The number of rotatable bonds is 10. The number of hydrogen-bond acceptors (Lipinski definition) is 5. The molecule has 0 bridgehead atoms. The summed E-state index contributed by atoms with van der Waals surface area (Å²) < 4.78 is 10.8. The van der Waals surface area contributed by atoms with Crippen LogP contribution in [0.4, 0.5) is 5.69 Å². The van der Waals surface area contributed by atoms with Crippen LogP contribution in [0.2, 0.25) is 0 Å². The number of benzene rings is 1. The van der Waals surface area contributed by atoms with Crippen molar-refractivity contribution in [2.45, 2.75) is 44.9 Å². The van der Waals surface area contributed by atoms with Gasteiger partial charge in [0, 0.05) is 56.8 Å². The molecule has 1 aliphatic carbocycles. The number of methoxy groups -OCH3 is 1. The van der Waals surface area contributed by atoms with Crippen LogP contribution in [-0.4, -0.2) is 44.9 Å². The number of thiazole rings is 1. The van der Waals surface area contributed by atoms with Gasteiger partial charge in [-0.3, -0.25) is 4.99 Å². The summed E-state index contributed by atoms with van der Waals surface area (Å²) in [6.07, 6.45) is 7.92. The zero-order valence-corrected chi connectivity index (χ0v) is 21.1. The highest BCUT2D eigenvalue weighted by Crippen LogP contribution is 2.27. The Morgan fingerprint density at radius 3 is 2.87 bits per heavy atom. The quantitative estimate of drug-likeness (QED) is 0.197. The molecule has 0 radical (unpaired) electrons. The third-order valence-corrected chi connectivity index (χ3v) is 6.05. The van der Waals surface area contributed by atoms with Gasteiger partial charge in [0.15, 0.2) is 5.96 Å². The van der Waals surface area contributed by atoms with Gasteiger partial charge in [0.05, 0.1) is 17.3 Å². The van der Waals surface area contributed by atoms with Crippen LogP contribution >= 0.6 is 35.3 Å². The van der Waals surface area contributed by atoms with E-state index >= 15 is 0 Å². The lowest BCUT2D eigenvalue weighted by Gasteiger charge is -2.13. The van der Waals surface area contributed by atoms with Gasteiger partial charge in [-0.15, -0.1) is 35.3 Å². The first-order valence-corrected chi connectivity index (χ1v) is 11.3. The molecule has 1 aliphatic rings. The number of aromatic nitrogens is 1. The van der Waals surface area contributed by atoms with E-state index in [1.165, 1.54) is 34.8 Å². The van der Waals surface area contributed by atoms with Crippen molar-refractivity contribution in [3.63, 3.8) is 0 Å².